The van der Waals surface area contributed by atoms with Gasteiger partial charge in [-0.1, -0.05) is 12.5 Å². The minimum Gasteiger partial charge on any atom is -0.480 e. The van der Waals surface area contributed by atoms with Gasteiger partial charge in [0.15, 0.2) is 0 Å². The summed E-state index contributed by atoms with van der Waals surface area (Å²) in [5.41, 5.74) is 6.54. The van der Waals surface area contributed by atoms with Crippen LogP contribution in [0.4, 0.5) is 0 Å². The van der Waals surface area contributed by atoms with E-state index in [1.54, 1.807) is 6.20 Å². The molecule has 0 aliphatic carbocycles. The average Bonchev–Trinajstić information content (AvgIpc) is 2.34. The molecule has 0 aliphatic heterocycles. The summed E-state index contributed by atoms with van der Waals surface area (Å²) in [6, 6.07) is 3.19. The SMILES string of the molecule is N[C@@H](CCCCNCc1cccnc1)C(=O)O. The van der Waals surface area contributed by atoms with E-state index in [0.717, 1.165) is 31.5 Å². The van der Waals surface area contributed by atoms with E-state index in [-0.39, 0.29) is 0 Å². The van der Waals surface area contributed by atoms with Gasteiger partial charge in [0.1, 0.15) is 6.04 Å². The molecule has 1 aromatic rings. The first-order valence-corrected chi connectivity index (χ1v) is 5.78. The van der Waals surface area contributed by atoms with Crippen LogP contribution in [0.1, 0.15) is 24.8 Å². The van der Waals surface area contributed by atoms with E-state index < -0.39 is 12.0 Å². The van der Waals surface area contributed by atoms with E-state index in [1.807, 2.05) is 18.3 Å². The fourth-order valence-corrected chi connectivity index (χ4v) is 1.47. The third-order valence-electron chi connectivity index (χ3n) is 2.49. The zero-order valence-electron chi connectivity index (χ0n) is 9.80. The Labute approximate surface area is 101 Å². The first-order valence-electron chi connectivity index (χ1n) is 5.78. The maximum atomic E-state index is 10.5. The highest BCUT2D eigenvalue weighted by atomic mass is 16.4. The molecule has 0 spiro atoms. The fourth-order valence-electron chi connectivity index (χ4n) is 1.47. The molecule has 0 unspecified atom stereocenters. The number of aromatic nitrogens is 1. The summed E-state index contributed by atoms with van der Waals surface area (Å²) in [6.07, 6.45) is 5.86. The van der Waals surface area contributed by atoms with Gasteiger partial charge in [-0.15, -0.1) is 0 Å². The van der Waals surface area contributed by atoms with E-state index in [2.05, 4.69) is 10.3 Å². The van der Waals surface area contributed by atoms with E-state index >= 15 is 0 Å². The van der Waals surface area contributed by atoms with Gasteiger partial charge >= 0.3 is 5.97 Å². The smallest absolute Gasteiger partial charge is 0.320 e. The van der Waals surface area contributed by atoms with Gasteiger partial charge < -0.3 is 16.2 Å². The summed E-state index contributed by atoms with van der Waals surface area (Å²) in [6.45, 7) is 1.65. The molecule has 0 aromatic carbocycles. The van der Waals surface area contributed by atoms with Crippen LogP contribution in [0, 0.1) is 0 Å². The third kappa shape index (κ3) is 5.99. The van der Waals surface area contributed by atoms with Gasteiger partial charge in [-0.05, 0) is 31.0 Å². The van der Waals surface area contributed by atoms with Gasteiger partial charge in [-0.2, -0.15) is 0 Å². The van der Waals surface area contributed by atoms with Gasteiger partial charge in [0.05, 0.1) is 0 Å². The predicted octanol–water partition coefficient (Wildman–Crippen LogP) is 0.753. The summed E-state index contributed by atoms with van der Waals surface area (Å²) < 4.78 is 0. The number of carbonyl (C=O) groups is 1. The van der Waals surface area contributed by atoms with Crippen LogP contribution < -0.4 is 11.1 Å². The number of nitrogens with two attached hydrogens (primary N) is 1. The highest BCUT2D eigenvalue weighted by Crippen LogP contribution is 1.99. The second kappa shape index (κ2) is 7.76. The van der Waals surface area contributed by atoms with Crippen molar-refractivity contribution in [2.75, 3.05) is 6.54 Å². The van der Waals surface area contributed by atoms with E-state index in [1.165, 1.54) is 0 Å². The molecule has 0 saturated heterocycles. The van der Waals surface area contributed by atoms with Gasteiger partial charge in [0, 0.05) is 18.9 Å². The third-order valence-corrected chi connectivity index (χ3v) is 2.49. The molecule has 0 bridgehead atoms. The van der Waals surface area contributed by atoms with Crippen molar-refractivity contribution >= 4 is 5.97 Å². The molecule has 1 aromatic heterocycles. The molecule has 17 heavy (non-hydrogen) atoms. The summed E-state index contributed by atoms with van der Waals surface area (Å²) in [4.78, 5) is 14.5. The molecule has 5 nitrogen and oxygen atoms in total. The normalized spacial score (nSPS) is 12.3. The maximum absolute atomic E-state index is 10.5. The number of nitrogens with zero attached hydrogens (tertiary/aromatic N) is 1. The van der Waals surface area contributed by atoms with Crippen molar-refractivity contribution in [2.24, 2.45) is 5.73 Å². The zero-order chi connectivity index (χ0) is 12.5. The lowest BCUT2D eigenvalue weighted by Crippen LogP contribution is -2.30. The molecule has 5 heteroatoms. The average molecular weight is 237 g/mol. The minimum absolute atomic E-state index is 0.532. The van der Waals surface area contributed by atoms with Crippen molar-refractivity contribution < 1.29 is 9.90 Å². The Morgan fingerprint density at radius 1 is 1.53 bits per heavy atom. The number of carboxylic acids is 1. The number of pyridine rings is 1. The number of hydrogen-bond acceptors (Lipinski definition) is 4. The van der Waals surface area contributed by atoms with Gasteiger partial charge in [-0.3, -0.25) is 9.78 Å². The molecule has 1 atom stereocenters. The van der Waals surface area contributed by atoms with Crippen LogP contribution in [0.15, 0.2) is 24.5 Å². The number of aliphatic carboxylic acids is 1. The largest absolute Gasteiger partial charge is 0.480 e. The molecule has 1 heterocycles. The monoisotopic (exact) mass is 237 g/mol. The summed E-state index contributed by atoms with van der Waals surface area (Å²) in [5, 5.41) is 11.9. The molecular formula is C12H19N3O2. The summed E-state index contributed by atoms with van der Waals surface area (Å²) >= 11 is 0. The Morgan fingerprint density at radius 2 is 2.35 bits per heavy atom. The van der Waals surface area contributed by atoms with E-state index in [9.17, 15) is 4.79 Å². The van der Waals surface area contributed by atoms with Gasteiger partial charge in [-0.25, -0.2) is 0 Å². The Balaban J connectivity index is 2.00. The summed E-state index contributed by atoms with van der Waals surface area (Å²) in [7, 11) is 0. The first-order chi connectivity index (χ1) is 8.20. The molecule has 0 saturated carbocycles. The number of rotatable bonds is 8. The first kappa shape index (κ1) is 13.6. The molecule has 4 N–H and O–H groups in total. The zero-order valence-corrected chi connectivity index (χ0v) is 9.80. The van der Waals surface area contributed by atoms with Crippen LogP contribution in [0.3, 0.4) is 0 Å². The lowest BCUT2D eigenvalue weighted by atomic mass is 10.1. The van der Waals surface area contributed by atoms with Crippen molar-refractivity contribution in [3.63, 3.8) is 0 Å². The lowest BCUT2D eigenvalue weighted by Gasteiger charge is -2.07. The highest BCUT2D eigenvalue weighted by molar-refractivity contribution is 5.72. The molecule has 94 valence electrons. The van der Waals surface area contributed by atoms with E-state index in [4.69, 9.17) is 10.8 Å². The maximum Gasteiger partial charge on any atom is 0.320 e. The molecule has 1 rings (SSSR count). The molecule has 0 amide bonds. The van der Waals surface area contributed by atoms with Gasteiger partial charge in [0.2, 0.25) is 0 Å². The number of nitrogens with one attached hydrogen (secondary N) is 1. The van der Waals surface area contributed by atoms with Crippen LogP contribution in [-0.2, 0) is 11.3 Å². The highest BCUT2D eigenvalue weighted by Gasteiger charge is 2.09. The van der Waals surface area contributed by atoms with E-state index in [0.29, 0.717) is 6.42 Å². The molecule has 0 aliphatic rings. The number of hydrogen-bond donors (Lipinski definition) is 3. The minimum atomic E-state index is -0.923. The fraction of sp³-hybridized carbons (Fsp3) is 0.500. The number of carboxylic acid groups (broad SMARTS) is 1. The van der Waals surface area contributed by atoms with Crippen LogP contribution in [0.2, 0.25) is 0 Å². The van der Waals surface area contributed by atoms with Crippen molar-refractivity contribution in [1.82, 2.24) is 10.3 Å². The molecule has 0 radical (unpaired) electrons. The quantitative estimate of drug-likeness (QED) is 0.581. The van der Waals surface area contributed by atoms with Crippen molar-refractivity contribution in [1.29, 1.82) is 0 Å². The second-order valence-electron chi connectivity index (χ2n) is 3.98. The van der Waals surface area contributed by atoms with Crippen molar-refractivity contribution in [2.45, 2.75) is 31.8 Å². The van der Waals surface area contributed by atoms with Gasteiger partial charge in [0.25, 0.3) is 0 Å². The van der Waals surface area contributed by atoms with Crippen LogP contribution in [-0.4, -0.2) is 28.6 Å². The molecular weight excluding hydrogens is 218 g/mol. The second-order valence-corrected chi connectivity index (χ2v) is 3.98. The van der Waals surface area contributed by atoms with Crippen LogP contribution in [0.25, 0.3) is 0 Å². The van der Waals surface area contributed by atoms with Crippen LogP contribution >= 0.6 is 0 Å². The standard InChI is InChI=1S/C12H19N3O2/c13-11(12(16)17)5-1-2-6-14-8-10-4-3-7-15-9-10/h3-4,7,9,11,14H,1-2,5-6,8,13H2,(H,16,17)/t11-/m0/s1. The Kier molecular flexibility index (Phi) is 6.21. The summed E-state index contributed by atoms with van der Waals surface area (Å²) in [5.74, 6) is -0.923. The Bertz CT molecular complexity index is 330. The van der Waals surface area contributed by atoms with Crippen LogP contribution in [0.5, 0.6) is 0 Å². The van der Waals surface area contributed by atoms with Crippen molar-refractivity contribution in [3.05, 3.63) is 30.1 Å². The Hall–Kier alpha value is -1.46. The predicted molar refractivity (Wildman–Crippen MR) is 65.4 cm³/mol. The topological polar surface area (TPSA) is 88.2 Å². The Morgan fingerprint density at radius 3 is 3.00 bits per heavy atom. The number of unbranched alkanes of at least 4 members (excludes halogenated alkanes) is 1. The lowest BCUT2D eigenvalue weighted by molar-refractivity contribution is -0.138. The van der Waals surface area contributed by atoms with Crippen molar-refractivity contribution in [3.8, 4) is 0 Å². The molecule has 0 fully saturated rings.